The molecular formula is C15H19NO3. The molecule has 102 valence electrons. The predicted octanol–water partition coefficient (Wildman–Crippen LogP) is 2.77. The normalized spacial score (nSPS) is 17.6. The number of fused-ring (bicyclic) bond motifs is 1. The molecule has 1 aromatic rings. The minimum absolute atomic E-state index is 0.0472. The Morgan fingerprint density at radius 2 is 2.21 bits per heavy atom. The lowest BCUT2D eigenvalue weighted by atomic mass is 9.89. The first-order chi connectivity index (χ1) is 9.15. The zero-order chi connectivity index (χ0) is 13.8. The SMILES string of the molecule is CCCC1Cc2ccc(C(=O)OCC)cc2NC1=O. The van der Waals surface area contributed by atoms with E-state index < -0.39 is 0 Å². The third-order valence-corrected chi connectivity index (χ3v) is 3.35. The van der Waals surface area contributed by atoms with Gasteiger partial charge in [0.2, 0.25) is 5.91 Å². The molecule has 0 spiro atoms. The standard InChI is InChI=1S/C15H19NO3/c1-3-5-11-8-10-6-7-12(15(18)19-4-2)9-13(10)16-14(11)17/h6-7,9,11H,3-5,8H2,1-2H3,(H,16,17). The Morgan fingerprint density at radius 3 is 2.89 bits per heavy atom. The van der Waals surface area contributed by atoms with Gasteiger partial charge in [0.15, 0.2) is 0 Å². The van der Waals surface area contributed by atoms with Gasteiger partial charge in [0.05, 0.1) is 12.2 Å². The highest BCUT2D eigenvalue weighted by Crippen LogP contribution is 2.28. The summed E-state index contributed by atoms with van der Waals surface area (Å²) in [5.41, 5.74) is 2.31. The van der Waals surface area contributed by atoms with Crippen molar-refractivity contribution >= 4 is 17.6 Å². The first kappa shape index (κ1) is 13.6. The summed E-state index contributed by atoms with van der Waals surface area (Å²) in [7, 11) is 0. The summed E-state index contributed by atoms with van der Waals surface area (Å²) in [4.78, 5) is 23.6. The van der Waals surface area contributed by atoms with Crippen LogP contribution in [0.3, 0.4) is 0 Å². The Kier molecular flexibility index (Phi) is 4.20. The lowest BCUT2D eigenvalue weighted by molar-refractivity contribution is -0.120. The molecule has 4 heteroatoms. The van der Waals surface area contributed by atoms with E-state index in [1.807, 2.05) is 6.07 Å². The van der Waals surface area contributed by atoms with Crippen molar-refractivity contribution in [3.63, 3.8) is 0 Å². The predicted molar refractivity (Wildman–Crippen MR) is 73.1 cm³/mol. The average Bonchev–Trinajstić information content (AvgIpc) is 2.39. The van der Waals surface area contributed by atoms with Gasteiger partial charge in [-0.15, -0.1) is 0 Å². The van der Waals surface area contributed by atoms with E-state index >= 15 is 0 Å². The van der Waals surface area contributed by atoms with Crippen molar-refractivity contribution in [1.29, 1.82) is 0 Å². The van der Waals surface area contributed by atoms with Gasteiger partial charge in [0.25, 0.3) is 0 Å². The number of carbonyl (C=O) groups excluding carboxylic acids is 2. The first-order valence-corrected chi connectivity index (χ1v) is 6.76. The number of ether oxygens (including phenoxy) is 1. The van der Waals surface area contributed by atoms with E-state index in [1.54, 1.807) is 19.1 Å². The second-order valence-electron chi connectivity index (χ2n) is 4.77. The van der Waals surface area contributed by atoms with Crippen molar-refractivity contribution in [2.75, 3.05) is 11.9 Å². The van der Waals surface area contributed by atoms with Gasteiger partial charge in [-0.25, -0.2) is 4.79 Å². The van der Waals surface area contributed by atoms with Crippen LogP contribution in [0.25, 0.3) is 0 Å². The number of hydrogen-bond acceptors (Lipinski definition) is 3. The van der Waals surface area contributed by atoms with Crippen LogP contribution in [-0.2, 0) is 16.0 Å². The molecule has 0 radical (unpaired) electrons. The molecule has 0 saturated heterocycles. The van der Waals surface area contributed by atoms with Crippen molar-refractivity contribution < 1.29 is 14.3 Å². The van der Waals surface area contributed by atoms with Gasteiger partial charge in [-0.1, -0.05) is 19.4 Å². The minimum atomic E-state index is -0.352. The van der Waals surface area contributed by atoms with Gasteiger partial charge in [-0.3, -0.25) is 4.79 Å². The van der Waals surface area contributed by atoms with Gasteiger partial charge < -0.3 is 10.1 Å². The number of esters is 1. The van der Waals surface area contributed by atoms with Crippen LogP contribution in [0.1, 0.15) is 42.6 Å². The maximum absolute atomic E-state index is 11.9. The molecule has 4 nitrogen and oxygen atoms in total. The van der Waals surface area contributed by atoms with Crippen molar-refractivity contribution in [1.82, 2.24) is 0 Å². The summed E-state index contributed by atoms with van der Waals surface area (Å²) in [5, 5.41) is 2.89. The fourth-order valence-electron chi connectivity index (χ4n) is 2.39. The van der Waals surface area contributed by atoms with E-state index in [-0.39, 0.29) is 17.8 Å². The molecule has 1 atom stereocenters. The van der Waals surface area contributed by atoms with Gasteiger partial charge in [-0.2, -0.15) is 0 Å². The van der Waals surface area contributed by atoms with Crippen LogP contribution in [0.4, 0.5) is 5.69 Å². The fraction of sp³-hybridized carbons (Fsp3) is 0.467. The molecule has 0 fully saturated rings. The van der Waals surface area contributed by atoms with Crippen molar-refractivity contribution in [2.24, 2.45) is 5.92 Å². The van der Waals surface area contributed by atoms with Gasteiger partial charge in [-0.05, 0) is 37.5 Å². The summed E-state index contributed by atoms with van der Waals surface area (Å²) in [5.74, 6) is -0.253. The highest BCUT2D eigenvalue weighted by atomic mass is 16.5. The molecule has 0 bridgehead atoms. The summed E-state index contributed by atoms with van der Waals surface area (Å²) in [6, 6.07) is 5.37. The molecule has 2 rings (SSSR count). The fourth-order valence-corrected chi connectivity index (χ4v) is 2.39. The lowest BCUT2D eigenvalue weighted by Gasteiger charge is -2.24. The Morgan fingerprint density at radius 1 is 1.42 bits per heavy atom. The Labute approximate surface area is 113 Å². The summed E-state index contributed by atoms with van der Waals surface area (Å²) >= 11 is 0. The number of nitrogens with one attached hydrogen (secondary N) is 1. The van der Waals surface area contributed by atoms with Crippen LogP contribution in [0, 0.1) is 5.92 Å². The van der Waals surface area contributed by atoms with Crippen molar-refractivity contribution in [3.8, 4) is 0 Å². The maximum Gasteiger partial charge on any atom is 0.338 e. The number of hydrogen-bond donors (Lipinski definition) is 1. The second kappa shape index (κ2) is 5.87. The lowest BCUT2D eigenvalue weighted by Crippen LogP contribution is -2.30. The number of benzene rings is 1. The summed E-state index contributed by atoms with van der Waals surface area (Å²) < 4.78 is 4.95. The van der Waals surface area contributed by atoms with Crippen molar-refractivity contribution in [2.45, 2.75) is 33.1 Å². The summed E-state index contributed by atoms with van der Waals surface area (Å²) in [6.45, 7) is 4.20. The highest BCUT2D eigenvalue weighted by Gasteiger charge is 2.25. The third kappa shape index (κ3) is 2.95. The monoisotopic (exact) mass is 261 g/mol. The number of amides is 1. The zero-order valence-corrected chi connectivity index (χ0v) is 11.4. The number of anilines is 1. The first-order valence-electron chi connectivity index (χ1n) is 6.76. The molecule has 1 aliphatic heterocycles. The molecular weight excluding hydrogens is 242 g/mol. The van der Waals surface area contributed by atoms with E-state index in [0.717, 1.165) is 30.5 Å². The Balaban J connectivity index is 2.21. The molecule has 1 N–H and O–H groups in total. The molecule has 0 aliphatic carbocycles. The van der Waals surface area contributed by atoms with Crippen molar-refractivity contribution in [3.05, 3.63) is 29.3 Å². The Bertz CT molecular complexity index is 496. The molecule has 0 aromatic heterocycles. The van der Waals surface area contributed by atoms with Gasteiger partial charge in [0.1, 0.15) is 0 Å². The van der Waals surface area contributed by atoms with Crippen LogP contribution in [0.2, 0.25) is 0 Å². The van der Waals surface area contributed by atoms with Crippen LogP contribution < -0.4 is 5.32 Å². The third-order valence-electron chi connectivity index (χ3n) is 3.35. The van der Waals surface area contributed by atoms with E-state index in [1.165, 1.54) is 0 Å². The largest absolute Gasteiger partial charge is 0.462 e. The second-order valence-corrected chi connectivity index (χ2v) is 4.77. The topological polar surface area (TPSA) is 55.4 Å². The van der Waals surface area contributed by atoms with Crippen LogP contribution in [0.15, 0.2) is 18.2 Å². The molecule has 1 unspecified atom stereocenters. The quantitative estimate of drug-likeness (QED) is 0.848. The van der Waals surface area contributed by atoms with E-state index in [0.29, 0.717) is 12.2 Å². The highest BCUT2D eigenvalue weighted by molar-refractivity contribution is 5.98. The number of rotatable bonds is 4. The van der Waals surface area contributed by atoms with Crippen LogP contribution >= 0.6 is 0 Å². The molecule has 19 heavy (non-hydrogen) atoms. The summed E-state index contributed by atoms with van der Waals surface area (Å²) in [6.07, 6.45) is 2.64. The smallest absolute Gasteiger partial charge is 0.338 e. The molecule has 1 amide bonds. The maximum atomic E-state index is 11.9. The van der Waals surface area contributed by atoms with E-state index in [4.69, 9.17) is 4.74 Å². The van der Waals surface area contributed by atoms with E-state index in [2.05, 4.69) is 12.2 Å². The van der Waals surface area contributed by atoms with Crippen LogP contribution in [0.5, 0.6) is 0 Å². The van der Waals surface area contributed by atoms with E-state index in [9.17, 15) is 9.59 Å². The zero-order valence-electron chi connectivity index (χ0n) is 11.4. The molecule has 0 saturated carbocycles. The molecule has 1 aliphatic rings. The van der Waals surface area contributed by atoms with Crippen LogP contribution in [-0.4, -0.2) is 18.5 Å². The van der Waals surface area contributed by atoms with Gasteiger partial charge in [0, 0.05) is 11.6 Å². The minimum Gasteiger partial charge on any atom is -0.462 e. The van der Waals surface area contributed by atoms with Gasteiger partial charge >= 0.3 is 5.97 Å². The molecule has 1 aromatic carbocycles. The Hall–Kier alpha value is -1.84. The molecule has 1 heterocycles. The average molecular weight is 261 g/mol. The number of carbonyl (C=O) groups is 2.